The summed E-state index contributed by atoms with van der Waals surface area (Å²) in [6.07, 6.45) is 6.03. The summed E-state index contributed by atoms with van der Waals surface area (Å²) < 4.78 is 5.14. The maximum Gasteiger partial charge on any atom is 0.173 e. The Kier molecular flexibility index (Phi) is 7.63. The lowest BCUT2D eigenvalue weighted by Gasteiger charge is -2.06. The first-order valence-electron chi connectivity index (χ1n) is 7.37. The maximum atomic E-state index is 12.1. The summed E-state index contributed by atoms with van der Waals surface area (Å²) in [6.45, 7) is 2.16. The van der Waals surface area contributed by atoms with E-state index in [4.69, 9.17) is 4.74 Å². The number of benzene rings is 1. The minimum absolute atomic E-state index is 0.0197. The Morgan fingerprint density at radius 1 is 1.05 bits per heavy atom. The van der Waals surface area contributed by atoms with Crippen LogP contribution in [-0.4, -0.2) is 18.7 Å². The number of unbranched alkanes of at least 4 members (excludes halogenated alkanes) is 4. The number of ether oxygens (including phenoxy) is 1. The van der Waals surface area contributed by atoms with Crippen LogP contribution in [0.2, 0.25) is 0 Å². The minimum Gasteiger partial charge on any atom is -0.496 e. The molecule has 20 heavy (non-hydrogen) atoms. The summed E-state index contributed by atoms with van der Waals surface area (Å²) in [4.78, 5) is 23.9. The lowest BCUT2D eigenvalue weighted by atomic mass is 10.0. The van der Waals surface area contributed by atoms with Gasteiger partial charge in [-0.1, -0.05) is 44.7 Å². The number of hydrogen-bond acceptors (Lipinski definition) is 3. The van der Waals surface area contributed by atoms with Crippen molar-refractivity contribution in [1.82, 2.24) is 0 Å². The Morgan fingerprint density at radius 2 is 1.75 bits per heavy atom. The SMILES string of the molecule is CCCCCCCC(=O)CC(=O)c1ccccc1OC. The molecule has 0 radical (unpaired) electrons. The quantitative estimate of drug-likeness (QED) is 0.365. The molecule has 0 unspecified atom stereocenters. The molecular weight excluding hydrogens is 252 g/mol. The Balaban J connectivity index is 2.39. The molecule has 0 amide bonds. The molecule has 0 aliphatic rings. The van der Waals surface area contributed by atoms with Crippen molar-refractivity contribution in [3.05, 3.63) is 29.8 Å². The highest BCUT2D eigenvalue weighted by molar-refractivity contribution is 6.09. The van der Waals surface area contributed by atoms with Crippen molar-refractivity contribution >= 4 is 11.6 Å². The highest BCUT2D eigenvalue weighted by Crippen LogP contribution is 2.19. The van der Waals surface area contributed by atoms with Gasteiger partial charge in [0, 0.05) is 6.42 Å². The van der Waals surface area contributed by atoms with Gasteiger partial charge in [-0.3, -0.25) is 9.59 Å². The normalized spacial score (nSPS) is 10.3. The average molecular weight is 276 g/mol. The molecule has 110 valence electrons. The zero-order valence-electron chi connectivity index (χ0n) is 12.5. The zero-order chi connectivity index (χ0) is 14.8. The van der Waals surface area contributed by atoms with Crippen LogP contribution in [0.25, 0.3) is 0 Å². The van der Waals surface area contributed by atoms with E-state index in [0.29, 0.717) is 17.7 Å². The van der Waals surface area contributed by atoms with Gasteiger partial charge in [-0.2, -0.15) is 0 Å². The smallest absolute Gasteiger partial charge is 0.173 e. The highest BCUT2D eigenvalue weighted by atomic mass is 16.5. The monoisotopic (exact) mass is 276 g/mol. The van der Waals surface area contributed by atoms with Gasteiger partial charge < -0.3 is 4.74 Å². The Bertz CT molecular complexity index is 438. The van der Waals surface area contributed by atoms with E-state index in [1.165, 1.54) is 26.4 Å². The van der Waals surface area contributed by atoms with Crippen molar-refractivity contribution in [2.45, 2.75) is 51.9 Å². The first-order valence-corrected chi connectivity index (χ1v) is 7.37. The summed E-state index contributed by atoms with van der Waals surface area (Å²) in [5, 5.41) is 0. The third-order valence-corrected chi connectivity index (χ3v) is 3.32. The minimum atomic E-state index is -0.152. The Morgan fingerprint density at radius 3 is 2.45 bits per heavy atom. The molecule has 3 nitrogen and oxygen atoms in total. The van der Waals surface area contributed by atoms with Crippen molar-refractivity contribution in [3.8, 4) is 5.75 Å². The van der Waals surface area contributed by atoms with Gasteiger partial charge in [0.15, 0.2) is 5.78 Å². The lowest BCUT2D eigenvalue weighted by molar-refractivity contribution is -0.118. The molecule has 0 aliphatic carbocycles. The van der Waals surface area contributed by atoms with Crippen LogP contribution in [0.3, 0.4) is 0 Å². The summed E-state index contributed by atoms with van der Waals surface area (Å²) in [6, 6.07) is 7.04. The predicted molar refractivity (Wildman–Crippen MR) is 80.3 cm³/mol. The summed E-state index contributed by atoms with van der Waals surface area (Å²) in [7, 11) is 1.53. The fourth-order valence-corrected chi connectivity index (χ4v) is 2.16. The molecule has 1 aromatic carbocycles. The molecule has 3 heteroatoms. The number of hydrogen-bond donors (Lipinski definition) is 0. The molecular formula is C17H24O3. The van der Waals surface area contributed by atoms with Crippen LogP contribution >= 0.6 is 0 Å². The first-order chi connectivity index (χ1) is 9.69. The van der Waals surface area contributed by atoms with Gasteiger partial charge >= 0.3 is 0 Å². The lowest BCUT2D eigenvalue weighted by Crippen LogP contribution is -2.09. The van der Waals surface area contributed by atoms with Crippen LogP contribution in [0.5, 0.6) is 5.75 Å². The standard InChI is InChI=1S/C17H24O3/c1-3-4-5-6-7-10-14(18)13-16(19)15-11-8-9-12-17(15)20-2/h8-9,11-12H,3-7,10,13H2,1-2H3. The average Bonchev–Trinajstić information content (AvgIpc) is 2.46. The van der Waals surface area contributed by atoms with Crippen molar-refractivity contribution < 1.29 is 14.3 Å². The molecule has 0 saturated heterocycles. The molecule has 0 heterocycles. The van der Waals surface area contributed by atoms with Crippen LogP contribution in [0, 0.1) is 0 Å². The van der Waals surface area contributed by atoms with Crippen molar-refractivity contribution in [3.63, 3.8) is 0 Å². The summed E-state index contributed by atoms with van der Waals surface area (Å²) in [5.41, 5.74) is 0.495. The topological polar surface area (TPSA) is 43.4 Å². The molecule has 1 rings (SSSR count). The molecule has 0 N–H and O–H groups in total. The van der Waals surface area contributed by atoms with Gasteiger partial charge in [-0.25, -0.2) is 0 Å². The van der Waals surface area contributed by atoms with Crippen molar-refractivity contribution in [1.29, 1.82) is 0 Å². The summed E-state index contributed by atoms with van der Waals surface area (Å²) in [5.74, 6) is 0.409. The van der Waals surface area contributed by atoms with E-state index in [1.807, 2.05) is 6.07 Å². The fourth-order valence-electron chi connectivity index (χ4n) is 2.16. The number of Topliss-reactive ketones (excluding diaryl/α,β-unsaturated/α-hetero) is 2. The second-order valence-electron chi connectivity index (χ2n) is 5.00. The van der Waals surface area contributed by atoms with Crippen molar-refractivity contribution in [2.24, 2.45) is 0 Å². The van der Waals surface area contributed by atoms with Crippen molar-refractivity contribution in [2.75, 3.05) is 7.11 Å². The van der Waals surface area contributed by atoms with Crippen LogP contribution in [-0.2, 0) is 4.79 Å². The van der Waals surface area contributed by atoms with Gasteiger partial charge in [0.25, 0.3) is 0 Å². The number of ketones is 2. The number of rotatable bonds is 10. The number of carbonyl (C=O) groups is 2. The first kappa shape index (κ1) is 16.4. The molecule has 0 saturated carbocycles. The van der Waals surface area contributed by atoms with Gasteiger partial charge in [0.1, 0.15) is 11.5 Å². The van der Waals surface area contributed by atoms with Crippen LogP contribution < -0.4 is 4.74 Å². The number of carbonyl (C=O) groups excluding carboxylic acids is 2. The van der Waals surface area contributed by atoms with E-state index in [-0.39, 0.29) is 18.0 Å². The van der Waals surface area contributed by atoms with E-state index in [0.717, 1.165) is 12.8 Å². The second kappa shape index (κ2) is 9.29. The van der Waals surface area contributed by atoms with Gasteiger partial charge in [-0.05, 0) is 18.6 Å². The van der Waals surface area contributed by atoms with E-state index in [1.54, 1.807) is 18.2 Å². The number of methoxy groups -OCH3 is 1. The third-order valence-electron chi connectivity index (χ3n) is 3.32. The molecule has 0 bridgehead atoms. The van der Waals surface area contributed by atoms with Crippen LogP contribution in [0.4, 0.5) is 0 Å². The molecule has 0 aromatic heterocycles. The third kappa shape index (κ3) is 5.55. The molecule has 0 spiro atoms. The van der Waals surface area contributed by atoms with E-state index < -0.39 is 0 Å². The molecule has 0 atom stereocenters. The van der Waals surface area contributed by atoms with E-state index in [9.17, 15) is 9.59 Å². The van der Waals surface area contributed by atoms with Crippen LogP contribution in [0.1, 0.15) is 62.2 Å². The molecule has 1 aromatic rings. The van der Waals surface area contributed by atoms with E-state index >= 15 is 0 Å². The Hall–Kier alpha value is -1.64. The zero-order valence-corrected chi connectivity index (χ0v) is 12.5. The van der Waals surface area contributed by atoms with E-state index in [2.05, 4.69) is 6.92 Å². The number of para-hydroxylation sites is 1. The maximum absolute atomic E-state index is 12.1. The molecule has 0 aliphatic heterocycles. The van der Waals surface area contributed by atoms with Gasteiger partial charge in [0.2, 0.25) is 0 Å². The second-order valence-corrected chi connectivity index (χ2v) is 5.00. The van der Waals surface area contributed by atoms with Gasteiger partial charge in [-0.15, -0.1) is 0 Å². The highest BCUT2D eigenvalue weighted by Gasteiger charge is 2.15. The van der Waals surface area contributed by atoms with Gasteiger partial charge in [0.05, 0.1) is 19.1 Å². The van der Waals surface area contributed by atoms with Crippen LogP contribution in [0.15, 0.2) is 24.3 Å². The Labute approximate surface area is 121 Å². The largest absolute Gasteiger partial charge is 0.496 e. The molecule has 0 fully saturated rings. The summed E-state index contributed by atoms with van der Waals surface area (Å²) >= 11 is 0. The fraction of sp³-hybridized carbons (Fsp3) is 0.529. The predicted octanol–water partition coefficient (Wildman–Crippen LogP) is 4.20.